The number of amides is 1. The fourth-order valence-corrected chi connectivity index (χ4v) is 5.23. The monoisotopic (exact) mass is 473 g/mol. The zero-order valence-corrected chi connectivity index (χ0v) is 20.5. The SMILES string of the molecule is CCN1CCN(C(=O)c2ccc(CSc3nc(Cl)cc(N4CCC(C)CC4)n3)cc2)CC1. The van der Waals surface area contributed by atoms with Crippen molar-refractivity contribution in [2.75, 3.05) is 50.7 Å². The molecule has 0 bridgehead atoms. The number of likely N-dealkylation sites (N-methyl/N-ethyl adjacent to an activating group) is 1. The van der Waals surface area contributed by atoms with Gasteiger partial charge in [-0.05, 0) is 43.0 Å². The van der Waals surface area contributed by atoms with Gasteiger partial charge in [-0.1, -0.05) is 49.3 Å². The van der Waals surface area contributed by atoms with Gasteiger partial charge < -0.3 is 14.7 Å². The van der Waals surface area contributed by atoms with Gasteiger partial charge in [0.05, 0.1) is 0 Å². The Labute approximate surface area is 200 Å². The van der Waals surface area contributed by atoms with Crippen LogP contribution in [0.25, 0.3) is 0 Å². The first-order valence-electron chi connectivity index (χ1n) is 11.5. The van der Waals surface area contributed by atoms with E-state index in [9.17, 15) is 4.79 Å². The molecule has 4 rings (SSSR count). The summed E-state index contributed by atoms with van der Waals surface area (Å²) in [7, 11) is 0. The highest BCUT2D eigenvalue weighted by atomic mass is 35.5. The van der Waals surface area contributed by atoms with Crippen LogP contribution in [-0.4, -0.2) is 71.5 Å². The molecule has 8 heteroatoms. The number of rotatable bonds is 6. The van der Waals surface area contributed by atoms with Crippen LogP contribution >= 0.6 is 23.4 Å². The number of carbonyl (C=O) groups is 1. The Morgan fingerprint density at radius 3 is 2.41 bits per heavy atom. The fraction of sp³-hybridized carbons (Fsp3) is 0.542. The Morgan fingerprint density at radius 2 is 1.75 bits per heavy atom. The third-order valence-corrected chi connectivity index (χ3v) is 7.56. The number of hydrogen-bond donors (Lipinski definition) is 0. The van der Waals surface area contributed by atoms with Crippen molar-refractivity contribution in [3.63, 3.8) is 0 Å². The smallest absolute Gasteiger partial charge is 0.253 e. The molecule has 2 fully saturated rings. The molecule has 2 saturated heterocycles. The molecule has 0 N–H and O–H groups in total. The molecule has 0 radical (unpaired) electrons. The molecular weight excluding hydrogens is 442 g/mol. The highest BCUT2D eigenvalue weighted by Gasteiger charge is 2.21. The van der Waals surface area contributed by atoms with Gasteiger partial charge in [0.2, 0.25) is 0 Å². The van der Waals surface area contributed by atoms with E-state index in [4.69, 9.17) is 16.6 Å². The molecule has 1 aromatic carbocycles. The standard InChI is InChI=1S/C24H32ClN5OS/c1-3-28-12-14-30(15-13-28)23(31)20-6-4-19(5-7-20)17-32-24-26-21(25)16-22(27-24)29-10-8-18(2)9-11-29/h4-7,16,18H,3,8-15,17H2,1-2H3. The minimum Gasteiger partial charge on any atom is -0.356 e. The lowest BCUT2D eigenvalue weighted by Gasteiger charge is -2.34. The average molecular weight is 474 g/mol. The van der Waals surface area contributed by atoms with Crippen molar-refractivity contribution < 1.29 is 4.79 Å². The van der Waals surface area contributed by atoms with E-state index in [1.54, 1.807) is 11.8 Å². The Hall–Kier alpha value is -1.83. The van der Waals surface area contributed by atoms with Crippen LogP contribution in [-0.2, 0) is 5.75 Å². The molecule has 1 amide bonds. The summed E-state index contributed by atoms with van der Waals surface area (Å²) >= 11 is 7.87. The summed E-state index contributed by atoms with van der Waals surface area (Å²) in [6, 6.07) is 9.79. The normalized spacial score (nSPS) is 18.2. The van der Waals surface area contributed by atoms with Gasteiger partial charge in [-0.25, -0.2) is 9.97 Å². The first-order chi connectivity index (χ1) is 15.5. The minimum atomic E-state index is 0.124. The highest BCUT2D eigenvalue weighted by Crippen LogP contribution is 2.27. The molecular formula is C24H32ClN5OS. The number of piperidine rings is 1. The van der Waals surface area contributed by atoms with Gasteiger partial charge in [-0.2, -0.15) is 0 Å². The van der Waals surface area contributed by atoms with Crippen LogP contribution in [0.5, 0.6) is 0 Å². The van der Waals surface area contributed by atoms with E-state index in [0.29, 0.717) is 10.3 Å². The van der Waals surface area contributed by atoms with Crippen LogP contribution in [0, 0.1) is 5.92 Å². The van der Waals surface area contributed by atoms with E-state index in [1.807, 2.05) is 35.2 Å². The van der Waals surface area contributed by atoms with Gasteiger partial charge in [0.1, 0.15) is 11.0 Å². The Balaban J connectivity index is 1.34. The average Bonchev–Trinajstić information content (AvgIpc) is 2.83. The Bertz CT molecular complexity index is 909. The number of aromatic nitrogens is 2. The van der Waals surface area contributed by atoms with Crippen molar-refractivity contribution in [1.29, 1.82) is 0 Å². The molecule has 2 aromatic rings. The van der Waals surface area contributed by atoms with Gasteiger partial charge in [-0.15, -0.1) is 0 Å². The van der Waals surface area contributed by atoms with Crippen LogP contribution in [0.15, 0.2) is 35.5 Å². The third-order valence-electron chi connectivity index (χ3n) is 6.44. The fourth-order valence-electron chi connectivity index (χ4n) is 4.19. The summed E-state index contributed by atoms with van der Waals surface area (Å²) < 4.78 is 0. The quantitative estimate of drug-likeness (QED) is 0.351. The maximum absolute atomic E-state index is 12.8. The number of halogens is 1. The molecule has 0 saturated carbocycles. The summed E-state index contributed by atoms with van der Waals surface area (Å²) in [5.74, 6) is 2.55. The van der Waals surface area contributed by atoms with Crippen LogP contribution in [0.2, 0.25) is 5.15 Å². The van der Waals surface area contributed by atoms with Crippen molar-refractivity contribution in [2.45, 2.75) is 37.6 Å². The lowest BCUT2D eigenvalue weighted by atomic mass is 9.99. The lowest BCUT2D eigenvalue weighted by Crippen LogP contribution is -2.48. The second kappa shape index (κ2) is 10.9. The van der Waals surface area contributed by atoms with E-state index < -0.39 is 0 Å². The maximum atomic E-state index is 12.8. The predicted octanol–water partition coefficient (Wildman–Crippen LogP) is 4.44. The van der Waals surface area contributed by atoms with Gasteiger partial charge in [0.15, 0.2) is 5.16 Å². The summed E-state index contributed by atoms with van der Waals surface area (Å²) in [5, 5.41) is 1.18. The molecule has 3 heterocycles. The number of nitrogens with zero attached hydrogens (tertiary/aromatic N) is 5. The van der Waals surface area contributed by atoms with Gasteiger partial charge >= 0.3 is 0 Å². The number of carbonyl (C=O) groups excluding carboxylic acids is 1. The van der Waals surface area contributed by atoms with Crippen molar-refractivity contribution in [3.8, 4) is 0 Å². The molecule has 0 atom stereocenters. The number of piperazine rings is 1. The molecule has 0 unspecified atom stereocenters. The highest BCUT2D eigenvalue weighted by molar-refractivity contribution is 7.98. The number of benzene rings is 1. The topological polar surface area (TPSA) is 52.6 Å². The molecule has 1 aromatic heterocycles. The number of hydrogen-bond acceptors (Lipinski definition) is 6. The van der Waals surface area contributed by atoms with Crippen molar-refractivity contribution in [1.82, 2.24) is 19.8 Å². The van der Waals surface area contributed by atoms with E-state index in [0.717, 1.165) is 74.4 Å². The van der Waals surface area contributed by atoms with Crippen LogP contribution in [0.3, 0.4) is 0 Å². The van der Waals surface area contributed by atoms with Crippen LogP contribution < -0.4 is 4.90 Å². The van der Waals surface area contributed by atoms with E-state index in [2.05, 4.69) is 28.6 Å². The van der Waals surface area contributed by atoms with Crippen molar-refractivity contribution in [2.24, 2.45) is 5.92 Å². The zero-order valence-electron chi connectivity index (χ0n) is 19.0. The molecule has 6 nitrogen and oxygen atoms in total. The second-order valence-corrected chi connectivity index (χ2v) is 10.0. The van der Waals surface area contributed by atoms with E-state index >= 15 is 0 Å². The number of thioether (sulfide) groups is 1. The molecule has 2 aliphatic rings. The summed E-state index contributed by atoms with van der Waals surface area (Å²) in [5.41, 5.74) is 1.89. The van der Waals surface area contributed by atoms with Gasteiger partial charge in [0.25, 0.3) is 5.91 Å². The Kier molecular flexibility index (Phi) is 7.92. The molecule has 0 aliphatic carbocycles. The van der Waals surface area contributed by atoms with Crippen molar-refractivity contribution >= 4 is 35.1 Å². The molecule has 172 valence electrons. The first-order valence-corrected chi connectivity index (χ1v) is 12.9. The van der Waals surface area contributed by atoms with Crippen molar-refractivity contribution in [3.05, 3.63) is 46.6 Å². The summed E-state index contributed by atoms with van der Waals surface area (Å²) in [6.07, 6.45) is 2.37. The Morgan fingerprint density at radius 1 is 1.06 bits per heavy atom. The minimum absolute atomic E-state index is 0.124. The summed E-state index contributed by atoms with van der Waals surface area (Å²) in [4.78, 5) is 28.6. The summed E-state index contributed by atoms with van der Waals surface area (Å²) in [6.45, 7) is 11.1. The van der Waals surface area contributed by atoms with Gasteiger partial charge in [-0.3, -0.25) is 4.79 Å². The largest absolute Gasteiger partial charge is 0.356 e. The molecule has 2 aliphatic heterocycles. The molecule has 0 spiro atoms. The maximum Gasteiger partial charge on any atom is 0.253 e. The van der Waals surface area contributed by atoms with Gasteiger partial charge in [0, 0.05) is 56.7 Å². The lowest BCUT2D eigenvalue weighted by molar-refractivity contribution is 0.0643. The third kappa shape index (κ3) is 5.94. The first kappa shape index (κ1) is 23.3. The zero-order chi connectivity index (χ0) is 22.5. The molecule has 32 heavy (non-hydrogen) atoms. The van der Waals surface area contributed by atoms with E-state index in [-0.39, 0.29) is 5.91 Å². The van der Waals surface area contributed by atoms with Crippen LogP contribution in [0.4, 0.5) is 5.82 Å². The number of anilines is 1. The van der Waals surface area contributed by atoms with Crippen LogP contribution in [0.1, 0.15) is 42.6 Å². The van der Waals surface area contributed by atoms with E-state index in [1.165, 1.54) is 12.8 Å². The second-order valence-electron chi connectivity index (χ2n) is 8.71. The predicted molar refractivity (Wildman–Crippen MR) is 132 cm³/mol.